The molecule has 0 saturated carbocycles. The smallest absolute Gasteiger partial charge is 0.165 e. The van der Waals surface area contributed by atoms with E-state index in [-0.39, 0.29) is 11.8 Å². The molecule has 1 atom stereocenters. The maximum Gasteiger partial charge on any atom is 0.165 e. The second-order valence-corrected chi connectivity index (χ2v) is 3.96. The number of β-amino-alcohol motifs (C(OH)–C–C–N with tert-alkyl or cyclic N) is 1. The molecule has 2 heterocycles. The lowest BCUT2D eigenvalue weighted by Crippen LogP contribution is -2.38. The van der Waals surface area contributed by atoms with Crippen molar-refractivity contribution in [3.8, 4) is 6.07 Å². The first-order valence-electron chi connectivity index (χ1n) is 5.30. The van der Waals surface area contributed by atoms with Gasteiger partial charge in [0.05, 0.1) is 11.8 Å². The van der Waals surface area contributed by atoms with Crippen LogP contribution in [0.5, 0.6) is 0 Å². The highest BCUT2D eigenvalue weighted by Crippen LogP contribution is 2.20. The van der Waals surface area contributed by atoms with Gasteiger partial charge in [0.1, 0.15) is 11.9 Å². The molecule has 0 radical (unpaired) electrons. The normalized spacial score (nSPS) is 20.5. The number of rotatable bonds is 1. The summed E-state index contributed by atoms with van der Waals surface area (Å²) in [6.45, 7) is 1.43. The Balaban J connectivity index is 2.24. The molecular formula is C11H14N4O. The number of hydrogen-bond acceptors (Lipinski definition) is 5. The van der Waals surface area contributed by atoms with Gasteiger partial charge >= 0.3 is 0 Å². The lowest BCUT2D eigenvalue weighted by atomic mass is 10.1. The topological polar surface area (TPSA) is 86.2 Å². The largest absolute Gasteiger partial charge is 0.396 e. The van der Waals surface area contributed by atoms with Crippen molar-refractivity contribution in [1.29, 1.82) is 5.26 Å². The van der Waals surface area contributed by atoms with E-state index in [0.29, 0.717) is 18.1 Å². The van der Waals surface area contributed by atoms with Gasteiger partial charge in [0.2, 0.25) is 0 Å². The molecule has 0 aromatic carbocycles. The summed E-state index contributed by atoms with van der Waals surface area (Å²) in [6.07, 6.45) is 1.46. The quantitative estimate of drug-likeness (QED) is 0.716. The van der Waals surface area contributed by atoms with E-state index in [0.717, 1.165) is 19.4 Å². The van der Waals surface area contributed by atoms with E-state index in [1.54, 1.807) is 12.1 Å². The fourth-order valence-electron chi connectivity index (χ4n) is 1.89. The van der Waals surface area contributed by atoms with Crippen LogP contribution in [0.2, 0.25) is 0 Å². The molecule has 0 aliphatic carbocycles. The number of nitrogens with zero attached hydrogens (tertiary/aromatic N) is 3. The summed E-state index contributed by atoms with van der Waals surface area (Å²) in [5.74, 6) is 0.713. The molecule has 3 N–H and O–H groups in total. The van der Waals surface area contributed by atoms with Crippen molar-refractivity contribution >= 4 is 11.5 Å². The average molecular weight is 218 g/mol. The van der Waals surface area contributed by atoms with Crippen molar-refractivity contribution in [2.75, 3.05) is 23.7 Å². The summed E-state index contributed by atoms with van der Waals surface area (Å²) < 4.78 is 0. The van der Waals surface area contributed by atoms with Crippen molar-refractivity contribution < 1.29 is 5.11 Å². The zero-order valence-electron chi connectivity index (χ0n) is 8.93. The van der Waals surface area contributed by atoms with Crippen LogP contribution in [-0.2, 0) is 0 Å². The van der Waals surface area contributed by atoms with E-state index in [9.17, 15) is 5.11 Å². The predicted octanol–water partition coefficient (Wildman–Crippen LogP) is 0.497. The standard InChI is InChI=1S/C11H14N4O/c12-6-10-9(13)3-4-11(14-10)15-5-1-2-8(16)7-15/h3-4,8,16H,1-2,5,7,13H2. The van der Waals surface area contributed by atoms with Gasteiger partial charge in [-0.15, -0.1) is 0 Å². The minimum atomic E-state index is -0.307. The van der Waals surface area contributed by atoms with Gasteiger partial charge in [-0.1, -0.05) is 0 Å². The Labute approximate surface area is 94.1 Å². The van der Waals surface area contributed by atoms with Crippen molar-refractivity contribution in [2.24, 2.45) is 0 Å². The number of anilines is 2. The summed E-state index contributed by atoms with van der Waals surface area (Å²) in [5, 5.41) is 18.4. The monoisotopic (exact) mass is 218 g/mol. The van der Waals surface area contributed by atoms with Crippen LogP contribution < -0.4 is 10.6 Å². The average Bonchev–Trinajstić information content (AvgIpc) is 2.29. The molecule has 1 aromatic heterocycles. The molecule has 5 heteroatoms. The molecule has 2 rings (SSSR count). The van der Waals surface area contributed by atoms with E-state index in [2.05, 4.69) is 4.98 Å². The van der Waals surface area contributed by atoms with E-state index < -0.39 is 0 Å². The minimum Gasteiger partial charge on any atom is -0.396 e. The number of nitrogen functional groups attached to an aromatic ring is 1. The summed E-state index contributed by atoms with van der Waals surface area (Å²) in [6, 6.07) is 5.43. The molecule has 0 bridgehead atoms. The number of aliphatic hydroxyl groups is 1. The first kappa shape index (κ1) is 10.7. The van der Waals surface area contributed by atoms with Crippen LogP contribution in [0, 0.1) is 11.3 Å². The Kier molecular flexibility index (Phi) is 2.93. The Bertz CT molecular complexity index is 426. The number of aliphatic hydroxyl groups excluding tert-OH is 1. The van der Waals surface area contributed by atoms with Crippen LogP contribution in [0.25, 0.3) is 0 Å². The summed E-state index contributed by atoms with van der Waals surface area (Å²) >= 11 is 0. The Morgan fingerprint density at radius 2 is 2.38 bits per heavy atom. The summed E-state index contributed by atoms with van der Waals surface area (Å²) in [4.78, 5) is 6.16. The molecular weight excluding hydrogens is 204 g/mol. The molecule has 1 saturated heterocycles. The predicted molar refractivity (Wildman–Crippen MR) is 60.8 cm³/mol. The van der Waals surface area contributed by atoms with Crippen LogP contribution in [0.15, 0.2) is 12.1 Å². The van der Waals surface area contributed by atoms with Gasteiger partial charge in [0.15, 0.2) is 5.69 Å². The van der Waals surface area contributed by atoms with E-state index >= 15 is 0 Å². The van der Waals surface area contributed by atoms with Gasteiger partial charge in [-0.3, -0.25) is 0 Å². The molecule has 1 aliphatic heterocycles. The van der Waals surface area contributed by atoms with Crippen LogP contribution in [0.4, 0.5) is 11.5 Å². The van der Waals surface area contributed by atoms with Crippen molar-refractivity contribution in [1.82, 2.24) is 4.98 Å². The zero-order chi connectivity index (χ0) is 11.5. The third kappa shape index (κ3) is 2.07. The molecule has 0 spiro atoms. The fraction of sp³-hybridized carbons (Fsp3) is 0.455. The van der Waals surface area contributed by atoms with Crippen LogP contribution in [-0.4, -0.2) is 29.3 Å². The van der Waals surface area contributed by atoms with E-state index in [1.807, 2.05) is 11.0 Å². The second-order valence-electron chi connectivity index (χ2n) is 3.96. The van der Waals surface area contributed by atoms with Gasteiger partial charge in [-0.05, 0) is 25.0 Å². The van der Waals surface area contributed by atoms with Gasteiger partial charge < -0.3 is 15.7 Å². The van der Waals surface area contributed by atoms with Gasteiger partial charge in [0, 0.05) is 13.1 Å². The zero-order valence-corrected chi connectivity index (χ0v) is 8.93. The van der Waals surface area contributed by atoms with Crippen molar-refractivity contribution in [3.05, 3.63) is 17.8 Å². The fourth-order valence-corrected chi connectivity index (χ4v) is 1.89. The lowest BCUT2D eigenvalue weighted by molar-refractivity contribution is 0.154. The van der Waals surface area contributed by atoms with Gasteiger partial charge in [-0.25, -0.2) is 4.98 Å². The first-order chi connectivity index (χ1) is 7.70. The third-order valence-electron chi connectivity index (χ3n) is 2.74. The molecule has 1 aromatic rings. The summed E-state index contributed by atoms with van der Waals surface area (Å²) in [7, 11) is 0. The summed E-state index contributed by atoms with van der Waals surface area (Å²) in [5.41, 5.74) is 6.24. The number of hydrogen-bond donors (Lipinski definition) is 2. The van der Waals surface area contributed by atoms with Crippen LogP contribution in [0.3, 0.4) is 0 Å². The molecule has 1 unspecified atom stereocenters. The second kappa shape index (κ2) is 4.37. The molecule has 84 valence electrons. The van der Waals surface area contributed by atoms with E-state index in [4.69, 9.17) is 11.0 Å². The van der Waals surface area contributed by atoms with Gasteiger partial charge in [-0.2, -0.15) is 5.26 Å². The molecule has 16 heavy (non-hydrogen) atoms. The van der Waals surface area contributed by atoms with Gasteiger partial charge in [0.25, 0.3) is 0 Å². The molecule has 1 fully saturated rings. The number of pyridine rings is 1. The van der Waals surface area contributed by atoms with Crippen LogP contribution in [0.1, 0.15) is 18.5 Å². The minimum absolute atomic E-state index is 0.248. The number of piperidine rings is 1. The lowest BCUT2D eigenvalue weighted by Gasteiger charge is -2.31. The maximum absolute atomic E-state index is 9.56. The highest BCUT2D eigenvalue weighted by atomic mass is 16.3. The highest BCUT2D eigenvalue weighted by Gasteiger charge is 2.19. The van der Waals surface area contributed by atoms with Crippen molar-refractivity contribution in [3.63, 3.8) is 0 Å². The van der Waals surface area contributed by atoms with Crippen LogP contribution >= 0.6 is 0 Å². The molecule has 1 aliphatic rings. The van der Waals surface area contributed by atoms with Crippen molar-refractivity contribution in [2.45, 2.75) is 18.9 Å². The Morgan fingerprint density at radius 3 is 3.06 bits per heavy atom. The molecule has 0 amide bonds. The molecule has 5 nitrogen and oxygen atoms in total. The first-order valence-corrected chi connectivity index (χ1v) is 5.30. The Hall–Kier alpha value is -1.80. The maximum atomic E-state index is 9.56. The number of aromatic nitrogens is 1. The third-order valence-corrected chi connectivity index (χ3v) is 2.74. The SMILES string of the molecule is N#Cc1nc(N2CCCC(O)C2)ccc1N. The number of nitrogens with two attached hydrogens (primary N) is 1. The highest BCUT2D eigenvalue weighted by molar-refractivity contribution is 5.55. The number of nitriles is 1. The van der Waals surface area contributed by atoms with E-state index in [1.165, 1.54) is 0 Å². The Morgan fingerprint density at radius 1 is 1.56 bits per heavy atom.